The monoisotopic (exact) mass is 336 g/mol. The molecule has 2 unspecified atom stereocenters. The van der Waals surface area contributed by atoms with Crippen LogP contribution in [0.5, 0.6) is 5.75 Å². The second-order valence-corrected chi connectivity index (χ2v) is 7.85. The Kier molecular flexibility index (Phi) is 4.33. The van der Waals surface area contributed by atoms with E-state index in [4.69, 9.17) is 9.47 Å². The van der Waals surface area contributed by atoms with Crippen LogP contribution in [0.1, 0.15) is 61.3 Å². The van der Waals surface area contributed by atoms with Gasteiger partial charge >= 0.3 is 0 Å². The predicted octanol–water partition coefficient (Wildman–Crippen LogP) is 5.59. The van der Waals surface area contributed by atoms with Gasteiger partial charge in [-0.15, -0.1) is 0 Å². The number of hydrogen-bond acceptors (Lipinski definition) is 2. The molecule has 2 aromatic carbocycles. The Bertz CT molecular complexity index is 748. The molecule has 0 saturated heterocycles. The van der Waals surface area contributed by atoms with Crippen molar-refractivity contribution in [2.24, 2.45) is 5.92 Å². The van der Waals surface area contributed by atoms with Gasteiger partial charge in [0.25, 0.3) is 0 Å². The molecule has 2 aliphatic carbocycles. The molecule has 0 aliphatic heterocycles. The van der Waals surface area contributed by atoms with E-state index in [-0.39, 0.29) is 5.60 Å². The zero-order valence-electron chi connectivity index (χ0n) is 15.5. The van der Waals surface area contributed by atoms with Gasteiger partial charge in [-0.2, -0.15) is 0 Å². The van der Waals surface area contributed by atoms with E-state index in [1.54, 1.807) is 0 Å². The lowest BCUT2D eigenvalue weighted by Crippen LogP contribution is -2.22. The first-order valence-corrected chi connectivity index (χ1v) is 9.50. The van der Waals surface area contributed by atoms with Gasteiger partial charge in [-0.3, -0.25) is 0 Å². The molecule has 2 aliphatic rings. The maximum absolute atomic E-state index is 6.48. The van der Waals surface area contributed by atoms with Crippen molar-refractivity contribution in [3.05, 3.63) is 64.7 Å². The second-order valence-electron chi connectivity index (χ2n) is 7.85. The first kappa shape index (κ1) is 16.7. The van der Waals surface area contributed by atoms with Gasteiger partial charge in [0.05, 0.1) is 5.60 Å². The van der Waals surface area contributed by atoms with E-state index >= 15 is 0 Å². The van der Waals surface area contributed by atoms with Crippen LogP contribution >= 0.6 is 0 Å². The molecule has 132 valence electrons. The van der Waals surface area contributed by atoms with Crippen LogP contribution in [0.4, 0.5) is 0 Å². The van der Waals surface area contributed by atoms with Crippen LogP contribution in [-0.4, -0.2) is 7.11 Å². The number of benzene rings is 2. The molecule has 1 saturated carbocycles. The molecule has 0 spiro atoms. The standard InChI is InChI=1S/C23H28O2/c1-16(18-9-10-18)20-12-11-19-13-14-23(2,24-3)21(19)22(20)25-15-17-7-5-4-6-8-17/h4-8,11-12,16,18H,9-10,13-15H2,1-3H3. The summed E-state index contributed by atoms with van der Waals surface area (Å²) in [5.41, 5.74) is 5.01. The highest BCUT2D eigenvalue weighted by molar-refractivity contribution is 5.54. The van der Waals surface area contributed by atoms with E-state index in [0.29, 0.717) is 12.5 Å². The molecule has 2 atom stereocenters. The highest BCUT2D eigenvalue weighted by Crippen LogP contribution is 2.51. The molecular weight excluding hydrogens is 308 g/mol. The maximum atomic E-state index is 6.48. The molecule has 0 heterocycles. The SMILES string of the molecule is COC1(C)CCc2ccc(C(C)C3CC3)c(OCc3ccccc3)c21. The fourth-order valence-corrected chi connectivity index (χ4v) is 4.22. The van der Waals surface area contributed by atoms with E-state index in [9.17, 15) is 0 Å². The van der Waals surface area contributed by atoms with Crippen molar-refractivity contribution < 1.29 is 9.47 Å². The van der Waals surface area contributed by atoms with Crippen LogP contribution in [0, 0.1) is 5.92 Å². The molecule has 4 rings (SSSR count). The lowest BCUT2D eigenvalue weighted by Gasteiger charge is -2.28. The normalized spacial score (nSPS) is 23.3. The Morgan fingerprint density at radius 1 is 1.12 bits per heavy atom. The minimum atomic E-state index is -0.235. The van der Waals surface area contributed by atoms with Gasteiger partial charge in [-0.05, 0) is 61.1 Å². The second kappa shape index (κ2) is 6.49. The largest absolute Gasteiger partial charge is 0.488 e. The van der Waals surface area contributed by atoms with Gasteiger partial charge in [0.1, 0.15) is 12.4 Å². The highest BCUT2D eigenvalue weighted by Gasteiger charge is 2.40. The van der Waals surface area contributed by atoms with Crippen LogP contribution in [0.25, 0.3) is 0 Å². The van der Waals surface area contributed by atoms with Gasteiger partial charge in [0.2, 0.25) is 0 Å². The summed E-state index contributed by atoms with van der Waals surface area (Å²) in [5, 5.41) is 0. The minimum Gasteiger partial charge on any atom is -0.488 e. The molecule has 1 fully saturated rings. The summed E-state index contributed by atoms with van der Waals surface area (Å²) < 4.78 is 12.4. The van der Waals surface area contributed by atoms with E-state index in [1.165, 1.54) is 35.1 Å². The quantitative estimate of drug-likeness (QED) is 0.685. The van der Waals surface area contributed by atoms with E-state index < -0.39 is 0 Å². The summed E-state index contributed by atoms with van der Waals surface area (Å²) in [6.07, 6.45) is 4.79. The molecule has 2 aromatic rings. The third-order valence-corrected chi connectivity index (χ3v) is 6.17. The van der Waals surface area contributed by atoms with Gasteiger partial charge in [0, 0.05) is 12.7 Å². The Morgan fingerprint density at radius 2 is 1.88 bits per heavy atom. The molecular formula is C23H28O2. The number of aryl methyl sites for hydroxylation is 1. The molecule has 0 radical (unpaired) electrons. The molecule has 2 heteroatoms. The number of fused-ring (bicyclic) bond motifs is 1. The van der Waals surface area contributed by atoms with Crippen LogP contribution in [0.15, 0.2) is 42.5 Å². The van der Waals surface area contributed by atoms with Crippen LogP contribution in [-0.2, 0) is 23.4 Å². The lowest BCUT2D eigenvalue weighted by atomic mass is 9.88. The van der Waals surface area contributed by atoms with Crippen LogP contribution in [0.2, 0.25) is 0 Å². The van der Waals surface area contributed by atoms with E-state index in [0.717, 1.165) is 24.5 Å². The fraction of sp³-hybridized carbons (Fsp3) is 0.478. The average molecular weight is 336 g/mol. The maximum Gasteiger partial charge on any atom is 0.129 e. The summed E-state index contributed by atoms with van der Waals surface area (Å²) in [6, 6.07) is 15.1. The van der Waals surface area contributed by atoms with Crippen molar-refractivity contribution >= 4 is 0 Å². The van der Waals surface area contributed by atoms with Crippen molar-refractivity contribution in [1.29, 1.82) is 0 Å². The van der Waals surface area contributed by atoms with Gasteiger partial charge in [-0.25, -0.2) is 0 Å². The molecule has 0 aromatic heterocycles. The summed E-state index contributed by atoms with van der Waals surface area (Å²) in [7, 11) is 1.83. The van der Waals surface area contributed by atoms with Gasteiger partial charge in [0.15, 0.2) is 0 Å². The fourth-order valence-electron chi connectivity index (χ4n) is 4.22. The molecule has 0 N–H and O–H groups in total. The zero-order chi connectivity index (χ0) is 17.4. The molecule has 25 heavy (non-hydrogen) atoms. The molecule has 0 bridgehead atoms. The third-order valence-electron chi connectivity index (χ3n) is 6.17. The third kappa shape index (κ3) is 3.08. The highest BCUT2D eigenvalue weighted by atomic mass is 16.5. The van der Waals surface area contributed by atoms with Crippen molar-refractivity contribution in [2.45, 2.75) is 57.7 Å². The van der Waals surface area contributed by atoms with E-state index in [1.807, 2.05) is 13.2 Å². The predicted molar refractivity (Wildman–Crippen MR) is 101 cm³/mol. The number of ether oxygens (including phenoxy) is 2. The van der Waals surface area contributed by atoms with Crippen molar-refractivity contribution in [3.8, 4) is 5.75 Å². The number of rotatable bonds is 6. The summed E-state index contributed by atoms with van der Waals surface area (Å²) in [4.78, 5) is 0. The van der Waals surface area contributed by atoms with Gasteiger partial charge < -0.3 is 9.47 Å². The minimum absolute atomic E-state index is 0.235. The molecule has 0 amide bonds. The Balaban J connectivity index is 1.74. The topological polar surface area (TPSA) is 18.5 Å². The number of hydrogen-bond donors (Lipinski definition) is 0. The Hall–Kier alpha value is -1.80. The lowest BCUT2D eigenvalue weighted by molar-refractivity contribution is 0.00150. The first-order valence-electron chi connectivity index (χ1n) is 9.50. The van der Waals surface area contributed by atoms with Crippen molar-refractivity contribution in [2.75, 3.05) is 7.11 Å². The van der Waals surface area contributed by atoms with Gasteiger partial charge in [-0.1, -0.05) is 49.4 Å². The van der Waals surface area contributed by atoms with Crippen LogP contribution < -0.4 is 4.74 Å². The van der Waals surface area contributed by atoms with Crippen LogP contribution in [0.3, 0.4) is 0 Å². The summed E-state index contributed by atoms with van der Waals surface area (Å²) in [5.74, 6) is 2.45. The Labute approximate surface area is 151 Å². The summed E-state index contributed by atoms with van der Waals surface area (Å²) >= 11 is 0. The average Bonchev–Trinajstić information content (AvgIpc) is 3.44. The summed E-state index contributed by atoms with van der Waals surface area (Å²) in [6.45, 7) is 5.18. The number of methoxy groups -OCH3 is 1. The molecule has 2 nitrogen and oxygen atoms in total. The smallest absolute Gasteiger partial charge is 0.129 e. The Morgan fingerprint density at radius 3 is 2.56 bits per heavy atom. The van der Waals surface area contributed by atoms with Crippen molar-refractivity contribution in [1.82, 2.24) is 0 Å². The van der Waals surface area contributed by atoms with E-state index in [2.05, 4.69) is 50.2 Å². The zero-order valence-corrected chi connectivity index (χ0v) is 15.5. The van der Waals surface area contributed by atoms with Crippen molar-refractivity contribution in [3.63, 3.8) is 0 Å². The first-order chi connectivity index (χ1) is 12.1.